The molecule has 1 aromatic carbocycles. The minimum absolute atomic E-state index is 0.119. The van der Waals surface area contributed by atoms with Crippen LogP contribution < -0.4 is 5.32 Å². The topological polar surface area (TPSA) is 107 Å². The number of aliphatic hydroxyl groups excluding tert-OH is 2. The van der Waals surface area contributed by atoms with E-state index in [1.165, 1.54) is 13.8 Å². The van der Waals surface area contributed by atoms with Crippen molar-refractivity contribution in [2.75, 3.05) is 6.61 Å². The van der Waals surface area contributed by atoms with Gasteiger partial charge in [-0.15, -0.1) is 0 Å². The van der Waals surface area contributed by atoms with Gasteiger partial charge in [0, 0.05) is 11.8 Å². The second-order valence-corrected chi connectivity index (χ2v) is 5.64. The standard InChI is InChI=1S/C15H21NO5/c1-15(2,9-17)12(18)13(19)16-11(14(20)21)8-10-6-4-3-5-7-10/h3-7,11-12,17-18H,8-9H2,1-2H3,(H,16,19)(H,20,21)/t11-,12+/m0/s1. The molecule has 21 heavy (non-hydrogen) atoms. The van der Waals surface area contributed by atoms with Gasteiger partial charge in [-0.1, -0.05) is 44.2 Å². The third kappa shape index (κ3) is 4.84. The SMILES string of the molecule is CC(C)(CO)[C@H](O)C(=O)N[C@@H](Cc1ccccc1)C(=O)O. The number of aliphatic hydroxyl groups is 2. The van der Waals surface area contributed by atoms with Crippen LogP contribution in [0.25, 0.3) is 0 Å². The van der Waals surface area contributed by atoms with E-state index in [2.05, 4.69) is 5.32 Å². The molecule has 0 aliphatic heterocycles. The molecule has 0 unspecified atom stereocenters. The molecule has 2 atom stereocenters. The Bertz CT molecular complexity index is 486. The smallest absolute Gasteiger partial charge is 0.326 e. The van der Waals surface area contributed by atoms with Crippen molar-refractivity contribution >= 4 is 11.9 Å². The highest BCUT2D eigenvalue weighted by molar-refractivity contribution is 5.86. The lowest BCUT2D eigenvalue weighted by Gasteiger charge is -2.28. The van der Waals surface area contributed by atoms with Crippen molar-refractivity contribution in [1.29, 1.82) is 0 Å². The molecule has 1 rings (SSSR count). The number of hydrogen-bond acceptors (Lipinski definition) is 4. The maximum Gasteiger partial charge on any atom is 0.326 e. The van der Waals surface area contributed by atoms with E-state index in [9.17, 15) is 19.8 Å². The van der Waals surface area contributed by atoms with Crippen molar-refractivity contribution in [2.45, 2.75) is 32.4 Å². The first-order chi connectivity index (χ1) is 9.77. The average Bonchev–Trinajstić information content (AvgIpc) is 2.46. The van der Waals surface area contributed by atoms with Crippen molar-refractivity contribution in [3.63, 3.8) is 0 Å². The number of carbonyl (C=O) groups excluding carboxylic acids is 1. The zero-order chi connectivity index (χ0) is 16.0. The third-order valence-electron chi connectivity index (χ3n) is 3.29. The molecular formula is C15H21NO5. The number of rotatable bonds is 7. The van der Waals surface area contributed by atoms with Crippen molar-refractivity contribution in [3.8, 4) is 0 Å². The van der Waals surface area contributed by atoms with Crippen LogP contribution in [-0.2, 0) is 16.0 Å². The van der Waals surface area contributed by atoms with Crippen molar-refractivity contribution in [3.05, 3.63) is 35.9 Å². The van der Waals surface area contributed by atoms with Crippen LogP contribution in [0.3, 0.4) is 0 Å². The molecule has 0 fully saturated rings. The number of carbonyl (C=O) groups is 2. The van der Waals surface area contributed by atoms with Crippen LogP contribution in [0.15, 0.2) is 30.3 Å². The summed E-state index contributed by atoms with van der Waals surface area (Å²) >= 11 is 0. The molecule has 0 spiro atoms. The molecule has 1 aromatic rings. The molecule has 0 aromatic heterocycles. The highest BCUT2D eigenvalue weighted by Gasteiger charge is 2.34. The summed E-state index contributed by atoms with van der Waals surface area (Å²) in [5.41, 5.74) is -0.277. The monoisotopic (exact) mass is 295 g/mol. The number of hydrogen-bond donors (Lipinski definition) is 4. The van der Waals surface area contributed by atoms with E-state index in [4.69, 9.17) is 5.11 Å². The van der Waals surface area contributed by atoms with Gasteiger partial charge in [0.25, 0.3) is 0 Å². The third-order valence-corrected chi connectivity index (χ3v) is 3.29. The minimum atomic E-state index is -1.49. The van der Waals surface area contributed by atoms with Crippen LogP contribution in [-0.4, -0.2) is 45.9 Å². The highest BCUT2D eigenvalue weighted by atomic mass is 16.4. The van der Waals surface area contributed by atoms with Crippen LogP contribution in [0.1, 0.15) is 19.4 Å². The molecule has 0 aliphatic carbocycles. The molecule has 0 radical (unpaired) electrons. The largest absolute Gasteiger partial charge is 0.480 e. The quantitative estimate of drug-likeness (QED) is 0.574. The van der Waals surface area contributed by atoms with Gasteiger partial charge in [0.05, 0.1) is 6.61 Å². The van der Waals surface area contributed by atoms with Gasteiger partial charge in [0.1, 0.15) is 12.1 Å². The number of nitrogens with one attached hydrogen (secondary N) is 1. The summed E-state index contributed by atoms with van der Waals surface area (Å²) in [5.74, 6) is -1.99. The zero-order valence-electron chi connectivity index (χ0n) is 12.1. The predicted octanol–water partition coefficient (Wildman–Crippen LogP) is 0.178. The van der Waals surface area contributed by atoms with E-state index in [-0.39, 0.29) is 6.42 Å². The molecular weight excluding hydrogens is 274 g/mol. The van der Waals surface area contributed by atoms with Crippen LogP contribution in [0, 0.1) is 5.41 Å². The van der Waals surface area contributed by atoms with Crippen molar-refractivity contribution < 1.29 is 24.9 Å². The van der Waals surface area contributed by atoms with Gasteiger partial charge in [0.2, 0.25) is 5.91 Å². The Morgan fingerprint density at radius 1 is 1.24 bits per heavy atom. The lowest BCUT2D eigenvalue weighted by atomic mass is 9.87. The summed E-state index contributed by atoms with van der Waals surface area (Å²) in [6.45, 7) is 2.65. The summed E-state index contributed by atoms with van der Waals surface area (Å²) in [6, 6.07) is 7.75. The number of carboxylic acids is 1. The molecule has 6 nitrogen and oxygen atoms in total. The summed E-state index contributed by atoms with van der Waals surface area (Å²) < 4.78 is 0. The number of aliphatic carboxylic acids is 1. The van der Waals surface area contributed by atoms with E-state index in [1.807, 2.05) is 6.07 Å². The first-order valence-electron chi connectivity index (χ1n) is 6.64. The molecule has 0 saturated heterocycles. The normalized spacial score (nSPS) is 14.3. The summed E-state index contributed by atoms with van der Waals surface area (Å²) in [6.07, 6.45) is -1.37. The molecule has 1 amide bonds. The molecule has 0 aliphatic rings. The predicted molar refractivity (Wildman–Crippen MR) is 76.6 cm³/mol. The molecule has 116 valence electrons. The Kier molecular flexibility index (Phi) is 5.87. The number of amides is 1. The van der Waals surface area contributed by atoms with Gasteiger partial charge >= 0.3 is 5.97 Å². The van der Waals surface area contributed by atoms with E-state index in [0.717, 1.165) is 5.56 Å². The van der Waals surface area contributed by atoms with Crippen LogP contribution >= 0.6 is 0 Å². The lowest BCUT2D eigenvalue weighted by Crippen LogP contribution is -2.51. The second kappa shape index (κ2) is 7.19. The van der Waals surface area contributed by atoms with Crippen LogP contribution in [0.4, 0.5) is 0 Å². The fourth-order valence-corrected chi connectivity index (χ4v) is 1.74. The highest BCUT2D eigenvalue weighted by Crippen LogP contribution is 2.19. The van der Waals surface area contributed by atoms with E-state index in [0.29, 0.717) is 0 Å². The van der Waals surface area contributed by atoms with E-state index < -0.39 is 36.0 Å². The Labute approximate surface area is 123 Å². The Hall–Kier alpha value is -1.92. The fraction of sp³-hybridized carbons (Fsp3) is 0.467. The van der Waals surface area contributed by atoms with Gasteiger partial charge < -0.3 is 20.6 Å². The Morgan fingerprint density at radius 3 is 2.29 bits per heavy atom. The zero-order valence-corrected chi connectivity index (χ0v) is 12.1. The number of carboxylic acid groups (broad SMARTS) is 1. The minimum Gasteiger partial charge on any atom is -0.480 e. The molecule has 6 heteroatoms. The molecule has 0 saturated carbocycles. The first kappa shape index (κ1) is 17.1. The van der Waals surface area contributed by atoms with Gasteiger partial charge in [-0.3, -0.25) is 4.79 Å². The van der Waals surface area contributed by atoms with Gasteiger partial charge in [-0.2, -0.15) is 0 Å². The van der Waals surface area contributed by atoms with Crippen molar-refractivity contribution in [1.82, 2.24) is 5.32 Å². The van der Waals surface area contributed by atoms with E-state index in [1.54, 1.807) is 24.3 Å². The summed E-state index contributed by atoms with van der Waals surface area (Å²) in [4.78, 5) is 23.2. The van der Waals surface area contributed by atoms with E-state index >= 15 is 0 Å². The molecule has 0 bridgehead atoms. The van der Waals surface area contributed by atoms with Gasteiger partial charge in [-0.05, 0) is 5.56 Å². The fourth-order valence-electron chi connectivity index (χ4n) is 1.74. The maximum absolute atomic E-state index is 11.9. The molecule has 0 heterocycles. The van der Waals surface area contributed by atoms with Crippen molar-refractivity contribution in [2.24, 2.45) is 5.41 Å². The Morgan fingerprint density at radius 2 is 1.81 bits per heavy atom. The van der Waals surface area contributed by atoms with Crippen LogP contribution in [0.5, 0.6) is 0 Å². The van der Waals surface area contributed by atoms with Gasteiger partial charge in [0.15, 0.2) is 0 Å². The lowest BCUT2D eigenvalue weighted by molar-refractivity contribution is -0.146. The Balaban J connectivity index is 2.75. The first-order valence-corrected chi connectivity index (χ1v) is 6.64. The maximum atomic E-state index is 11.9. The summed E-state index contributed by atoms with van der Waals surface area (Å²) in [7, 11) is 0. The summed E-state index contributed by atoms with van der Waals surface area (Å²) in [5, 5.41) is 30.5. The molecule has 4 N–H and O–H groups in total. The average molecular weight is 295 g/mol. The van der Waals surface area contributed by atoms with Gasteiger partial charge in [-0.25, -0.2) is 4.79 Å². The number of benzene rings is 1. The van der Waals surface area contributed by atoms with Crippen LogP contribution in [0.2, 0.25) is 0 Å². The second-order valence-electron chi connectivity index (χ2n) is 5.64.